The van der Waals surface area contributed by atoms with Crippen molar-refractivity contribution >= 4 is 22.1 Å². The average molecular weight is 252 g/mol. The number of rotatable bonds is 1. The fourth-order valence-electron chi connectivity index (χ4n) is 2.29. The van der Waals surface area contributed by atoms with Crippen molar-refractivity contribution in [1.29, 1.82) is 0 Å². The monoisotopic (exact) mass is 252 g/mol. The summed E-state index contributed by atoms with van der Waals surface area (Å²) < 4.78 is 0. The maximum Gasteiger partial charge on any atom is 0.171 e. The van der Waals surface area contributed by atoms with Crippen LogP contribution in [0.3, 0.4) is 0 Å². The molecule has 2 aromatic rings. The number of Topliss-reactive ketones (excluding diaryl/α,β-unsaturated/α-hetero) is 1. The molecule has 0 aliphatic heterocycles. The van der Waals surface area contributed by atoms with Crippen LogP contribution in [0.4, 0.5) is 0 Å². The van der Waals surface area contributed by atoms with Crippen LogP contribution < -0.4 is 0 Å². The van der Waals surface area contributed by atoms with E-state index >= 15 is 0 Å². The van der Waals surface area contributed by atoms with Crippen LogP contribution in [0, 0.1) is 0 Å². The molecule has 0 radical (unpaired) electrons. The van der Waals surface area contributed by atoms with E-state index < -0.39 is 0 Å². The van der Waals surface area contributed by atoms with Crippen LogP contribution in [0.5, 0.6) is 0 Å². The first-order chi connectivity index (χ1) is 9.16. The van der Waals surface area contributed by atoms with Crippen LogP contribution in [0.1, 0.15) is 12.0 Å². The minimum atomic E-state index is -0.341. The maximum atomic E-state index is 11.9. The first-order valence-corrected chi connectivity index (χ1v) is 6.02. The predicted molar refractivity (Wildman–Crippen MR) is 73.8 cm³/mol. The molecule has 3 rings (SSSR count). The molecular formula is C16H12O3. The lowest BCUT2D eigenvalue weighted by Gasteiger charge is -2.14. The molecule has 2 aromatic carbocycles. The van der Waals surface area contributed by atoms with Crippen LogP contribution in [-0.2, 0) is 4.79 Å². The Morgan fingerprint density at radius 2 is 1.68 bits per heavy atom. The van der Waals surface area contributed by atoms with E-state index in [2.05, 4.69) is 0 Å². The van der Waals surface area contributed by atoms with Gasteiger partial charge in [0.05, 0.1) is 5.57 Å². The van der Waals surface area contributed by atoms with Gasteiger partial charge in [0.25, 0.3) is 0 Å². The quantitative estimate of drug-likeness (QED) is 0.816. The fraction of sp³-hybridized carbons (Fsp3) is 0.0625. The van der Waals surface area contributed by atoms with E-state index in [0.29, 0.717) is 5.56 Å². The van der Waals surface area contributed by atoms with Gasteiger partial charge in [-0.25, -0.2) is 0 Å². The van der Waals surface area contributed by atoms with Crippen molar-refractivity contribution in [3.05, 3.63) is 65.6 Å². The van der Waals surface area contributed by atoms with Crippen molar-refractivity contribution < 1.29 is 15.0 Å². The highest BCUT2D eigenvalue weighted by atomic mass is 16.3. The lowest BCUT2D eigenvalue weighted by molar-refractivity contribution is -0.113. The number of benzene rings is 2. The Morgan fingerprint density at radius 3 is 2.47 bits per heavy atom. The van der Waals surface area contributed by atoms with Gasteiger partial charge in [-0.05, 0) is 28.5 Å². The van der Waals surface area contributed by atoms with Gasteiger partial charge in [0.15, 0.2) is 17.3 Å². The molecule has 94 valence electrons. The highest BCUT2D eigenvalue weighted by molar-refractivity contribution is 6.23. The standard InChI is InChI=1S/C16H12O3/c17-13-7-8-14(18)16(19)15(13)12-6-5-10-3-1-2-4-11(10)9-12/h1-6,8-9,18-19H,7H2. The molecular weight excluding hydrogens is 240 g/mol. The molecule has 0 saturated heterocycles. The summed E-state index contributed by atoms with van der Waals surface area (Å²) in [4.78, 5) is 11.9. The van der Waals surface area contributed by atoms with E-state index in [0.717, 1.165) is 10.8 Å². The third-order valence-electron chi connectivity index (χ3n) is 3.28. The van der Waals surface area contributed by atoms with Gasteiger partial charge in [-0.1, -0.05) is 36.4 Å². The van der Waals surface area contributed by atoms with E-state index in [4.69, 9.17) is 0 Å². The molecule has 0 atom stereocenters. The molecule has 0 saturated carbocycles. The zero-order valence-electron chi connectivity index (χ0n) is 10.1. The summed E-state index contributed by atoms with van der Waals surface area (Å²) in [6, 6.07) is 13.3. The second-order valence-corrected chi connectivity index (χ2v) is 4.50. The Kier molecular flexibility index (Phi) is 2.60. The summed E-state index contributed by atoms with van der Waals surface area (Å²) in [5, 5.41) is 21.5. The van der Waals surface area contributed by atoms with E-state index in [-0.39, 0.29) is 29.3 Å². The summed E-state index contributed by atoms with van der Waals surface area (Å²) in [7, 11) is 0. The number of ketones is 1. The Morgan fingerprint density at radius 1 is 0.947 bits per heavy atom. The zero-order chi connectivity index (χ0) is 13.4. The van der Waals surface area contributed by atoms with Crippen molar-refractivity contribution in [3.8, 4) is 0 Å². The molecule has 1 aliphatic carbocycles. The van der Waals surface area contributed by atoms with Gasteiger partial charge in [0.2, 0.25) is 0 Å². The van der Waals surface area contributed by atoms with E-state index in [1.165, 1.54) is 6.08 Å². The second-order valence-electron chi connectivity index (χ2n) is 4.50. The van der Waals surface area contributed by atoms with Crippen molar-refractivity contribution in [2.45, 2.75) is 6.42 Å². The Balaban J connectivity index is 2.21. The van der Waals surface area contributed by atoms with Crippen molar-refractivity contribution in [2.75, 3.05) is 0 Å². The molecule has 0 unspecified atom stereocenters. The fourth-order valence-corrected chi connectivity index (χ4v) is 2.29. The summed E-state index contributed by atoms with van der Waals surface area (Å²) in [5.74, 6) is -0.764. The molecule has 3 nitrogen and oxygen atoms in total. The SMILES string of the molecule is O=C1CC=C(O)C(O)=C1c1ccc2ccccc2c1. The van der Waals surface area contributed by atoms with Crippen LogP contribution in [-0.4, -0.2) is 16.0 Å². The highest BCUT2D eigenvalue weighted by Gasteiger charge is 2.23. The molecule has 2 N–H and O–H groups in total. The second kappa shape index (κ2) is 4.28. The molecule has 19 heavy (non-hydrogen) atoms. The topological polar surface area (TPSA) is 57.5 Å². The number of aliphatic hydroxyl groups is 2. The number of carbonyl (C=O) groups excluding carboxylic acids is 1. The number of allylic oxidation sites excluding steroid dienone is 2. The van der Waals surface area contributed by atoms with Crippen molar-refractivity contribution in [2.24, 2.45) is 0 Å². The first kappa shape index (κ1) is 11.5. The van der Waals surface area contributed by atoms with Gasteiger partial charge in [0, 0.05) is 6.42 Å². The molecule has 0 bridgehead atoms. The molecule has 0 fully saturated rings. The smallest absolute Gasteiger partial charge is 0.171 e. The van der Waals surface area contributed by atoms with Gasteiger partial charge >= 0.3 is 0 Å². The Labute approximate surface area is 110 Å². The largest absolute Gasteiger partial charge is 0.504 e. The van der Waals surface area contributed by atoms with Crippen LogP contribution >= 0.6 is 0 Å². The van der Waals surface area contributed by atoms with Gasteiger partial charge in [0.1, 0.15) is 0 Å². The minimum absolute atomic E-state index is 0.109. The van der Waals surface area contributed by atoms with E-state index in [1.807, 2.05) is 36.4 Å². The number of hydrogen-bond acceptors (Lipinski definition) is 3. The van der Waals surface area contributed by atoms with Crippen molar-refractivity contribution in [1.82, 2.24) is 0 Å². The number of aliphatic hydroxyl groups excluding tert-OH is 2. The number of carbonyl (C=O) groups is 1. The van der Waals surface area contributed by atoms with Crippen molar-refractivity contribution in [3.63, 3.8) is 0 Å². The molecule has 0 spiro atoms. The van der Waals surface area contributed by atoms with Gasteiger partial charge < -0.3 is 10.2 Å². The minimum Gasteiger partial charge on any atom is -0.504 e. The molecule has 1 aliphatic rings. The Bertz CT molecular complexity index is 738. The van der Waals surface area contributed by atoms with E-state index in [9.17, 15) is 15.0 Å². The number of fused-ring (bicyclic) bond motifs is 1. The maximum absolute atomic E-state index is 11.9. The highest BCUT2D eigenvalue weighted by Crippen LogP contribution is 2.29. The Hall–Kier alpha value is -2.55. The summed E-state index contributed by atoms with van der Waals surface area (Å²) in [5.41, 5.74) is 0.812. The first-order valence-electron chi connectivity index (χ1n) is 6.02. The van der Waals surface area contributed by atoms with Crippen LogP contribution in [0.2, 0.25) is 0 Å². The number of hydrogen-bond donors (Lipinski definition) is 2. The van der Waals surface area contributed by atoms with Gasteiger partial charge in [-0.2, -0.15) is 0 Å². The summed E-state index contributed by atoms with van der Waals surface area (Å²) >= 11 is 0. The normalized spacial score (nSPS) is 15.8. The lowest BCUT2D eigenvalue weighted by atomic mass is 9.92. The van der Waals surface area contributed by atoms with Gasteiger partial charge in [-0.15, -0.1) is 0 Å². The molecule has 0 aromatic heterocycles. The third kappa shape index (κ3) is 1.89. The molecule has 0 heterocycles. The molecule has 0 amide bonds. The summed E-state index contributed by atoms with van der Waals surface area (Å²) in [6.07, 6.45) is 1.43. The van der Waals surface area contributed by atoms with Crippen LogP contribution in [0.25, 0.3) is 16.3 Å². The summed E-state index contributed by atoms with van der Waals surface area (Å²) in [6.45, 7) is 0. The third-order valence-corrected chi connectivity index (χ3v) is 3.28. The predicted octanol–water partition coefficient (Wildman–Crippen LogP) is 3.52. The zero-order valence-corrected chi connectivity index (χ0v) is 10.1. The average Bonchev–Trinajstić information content (AvgIpc) is 2.43. The van der Waals surface area contributed by atoms with Gasteiger partial charge in [-0.3, -0.25) is 4.79 Å². The lowest BCUT2D eigenvalue weighted by Crippen LogP contribution is -2.10. The molecule has 3 heteroatoms. The van der Waals surface area contributed by atoms with E-state index in [1.54, 1.807) is 6.07 Å². The van der Waals surface area contributed by atoms with Crippen LogP contribution in [0.15, 0.2) is 60.1 Å².